The summed E-state index contributed by atoms with van der Waals surface area (Å²) in [7, 11) is 0. The second-order valence-corrected chi connectivity index (χ2v) is 4.96. The summed E-state index contributed by atoms with van der Waals surface area (Å²) >= 11 is 0. The van der Waals surface area contributed by atoms with E-state index in [-0.39, 0.29) is 0 Å². The van der Waals surface area contributed by atoms with Crippen molar-refractivity contribution in [3.05, 3.63) is 35.0 Å². The van der Waals surface area contributed by atoms with Crippen molar-refractivity contribution < 1.29 is 9.90 Å². The van der Waals surface area contributed by atoms with Gasteiger partial charge in [-0.3, -0.25) is 0 Å². The SMILES string of the molecule is C[C@@H]1CCc2[nH]c3c(C(=O)O)cccc3c2C1. The van der Waals surface area contributed by atoms with Crippen LogP contribution >= 0.6 is 0 Å². The van der Waals surface area contributed by atoms with Crippen LogP contribution in [0.15, 0.2) is 18.2 Å². The van der Waals surface area contributed by atoms with Gasteiger partial charge in [0.1, 0.15) is 0 Å². The van der Waals surface area contributed by atoms with Crippen molar-refractivity contribution in [2.75, 3.05) is 0 Å². The minimum absolute atomic E-state index is 0.379. The molecule has 1 atom stereocenters. The molecule has 17 heavy (non-hydrogen) atoms. The van der Waals surface area contributed by atoms with E-state index >= 15 is 0 Å². The molecule has 0 saturated carbocycles. The minimum atomic E-state index is -0.859. The number of para-hydroxylation sites is 1. The Morgan fingerprint density at radius 3 is 3.06 bits per heavy atom. The highest BCUT2D eigenvalue weighted by Gasteiger charge is 2.21. The monoisotopic (exact) mass is 229 g/mol. The Balaban J connectivity index is 2.28. The van der Waals surface area contributed by atoms with Crippen LogP contribution in [0.25, 0.3) is 10.9 Å². The Morgan fingerprint density at radius 1 is 1.47 bits per heavy atom. The van der Waals surface area contributed by atoms with Crippen LogP contribution < -0.4 is 0 Å². The van der Waals surface area contributed by atoms with E-state index in [0.717, 1.165) is 23.7 Å². The fraction of sp³-hybridized carbons (Fsp3) is 0.357. The number of aromatic amines is 1. The number of aromatic nitrogens is 1. The van der Waals surface area contributed by atoms with Gasteiger partial charge in [-0.15, -0.1) is 0 Å². The summed E-state index contributed by atoms with van der Waals surface area (Å²) in [5.41, 5.74) is 3.72. The molecule has 3 rings (SSSR count). The van der Waals surface area contributed by atoms with Crippen molar-refractivity contribution in [3.63, 3.8) is 0 Å². The summed E-state index contributed by atoms with van der Waals surface area (Å²) in [5.74, 6) is -0.169. The summed E-state index contributed by atoms with van der Waals surface area (Å²) in [6.07, 6.45) is 3.27. The Hall–Kier alpha value is -1.77. The van der Waals surface area contributed by atoms with Crippen molar-refractivity contribution in [3.8, 4) is 0 Å². The van der Waals surface area contributed by atoms with Gasteiger partial charge in [-0.25, -0.2) is 4.79 Å². The summed E-state index contributed by atoms with van der Waals surface area (Å²) in [5, 5.41) is 10.3. The molecule has 2 N–H and O–H groups in total. The van der Waals surface area contributed by atoms with Crippen molar-refractivity contribution >= 4 is 16.9 Å². The first-order chi connectivity index (χ1) is 8.16. The quantitative estimate of drug-likeness (QED) is 0.789. The smallest absolute Gasteiger partial charge is 0.337 e. The number of nitrogens with one attached hydrogen (secondary N) is 1. The third-order valence-corrected chi connectivity index (χ3v) is 3.70. The third-order valence-electron chi connectivity index (χ3n) is 3.70. The first kappa shape index (κ1) is 10.4. The van der Waals surface area contributed by atoms with Gasteiger partial charge < -0.3 is 10.1 Å². The zero-order valence-electron chi connectivity index (χ0n) is 9.79. The molecule has 0 amide bonds. The van der Waals surface area contributed by atoms with E-state index in [9.17, 15) is 9.90 Å². The van der Waals surface area contributed by atoms with Crippen molar-refractivity contribution in [2.45, 2.75) is 26.2 Å². The Labute approximate surface area is 99.5 Å². The highest BCUT2D eigenvalue weighted by Crippen LogP contribution is 2.32. The topological polar surface area (TPSA) is 53.1 Å². The lowest BCUT2D eigenvalue weighted by atomic mass is 9.87. The summed E-state index contributed by atoms with van der Waals surface area (Å²) in [6, 6.07) is 5.52. The lowest BCUT2D eigenvalue weighted by Crippen LogP contribution is -2.09. The fourth-order valence-corrected chi connectivity index (χ4v) is 2.79. The van der Waals surface area contributed by atoms with Gasteiger partial charge in [0.25, 0.3) is 0 Å². The van der Waals surface area contributed by atoms with Gasteiger partial charge in [-0.2, -0.15) is 0 Å². The molecule has 1 heterocycles. The van der Waals surface area contributed by atoms with Gasteiger partial charge in [0, 0.05) is 11.1 Å². The molecule has 0 unspecified atom stereocenters. The number of H-pyrrole nitrogens is 1. The number of fused-ring (bicyclic) bond motifs is 3. The fourth-order valence-electron chi connectivity index (χ4n) is 2.79. The molecule has 1 aromatic heterocycles. The van der Waals surface area contributed by atoms with E-state index in [2.05, 4.69) is 11.9 Å². The van der Waals surface area contributed by atoms with Crippen LogP contribution in [0.3, 0.4) is 0 Å². The van der Waals surface area contributed by atoms with Crippen LogP contribution in [0.1, 0.15) is 35.0 Å². The largest absolute Gasteiger partial charge is 0.478 e. The normalized spacial score (nSPS) is 19.2. The summed E-state index contributed by atoms with van der Waals surface area (Å²) < 4.78 is 0. The highest BCUT2D eigenvalue weighted by atomic mass is 16.4. The molecule has 0 aliphatic heterocycles. The molecule has 2 aromatic rings. The maximum atomic E-state index is 11.2. The zero-order chi connectivity index (χ0) is 12.0. The number of carbonyl (C=O) groups is 1. The van der Waals surface area contributed by atoms with Gasteiger partial charge >= 0.3 is 5.97 Å². The minimum Gasteiger partial charge on any atom is -0.478 e. The second-order valence-electron chi connectivity index (χ2n) is 4.96. The van der Waals surface area contributed by atoms with E-state index in [4.69, 9.17) is 0 Å². The number of aromatic carboxylic acids is 1. The molecule has 1 aliphatic carbocycles. The third kappa shape index (κ3) is 1.54. The van der Waals surface area contributed by atoms with E-state index in [1.807, 2.05) is 12.1 Å². The van der Waals surface area contributed by atoms with Crippen molar-refractivity contribution in [1.29, 1.82) is 0 Å². The maximum absolute atomic E-state index is 11.2. The second kappa shape index (κ2) is 3.62. The molecule has 3 heteroatoms. The number of carboxylic acids is 1. The van der Waals surface area contributed by atoms with Crippen LogP contribution in [0.4, 0.5) is 0 Å². The molecule has 0 saturated heterocycles. The van der Waals surface area contributed by atoms with Gasteiger partial charge in [-0.1, -0.05) is 19.1 Å². The molecule has 1 aliphatic rings. The van der Waals surface area contributed by atoms with E-state index < -0.39 is 5.97 Å². The number of benzene rings is 1. The Bertz CT molecular complexity index is 598. The molecule has 0 fully saturated rings. The standard InChI is InChI=1S/C14H15NO2/c1-8-5-6-12-11(7-8)9-3-2-4-10(14(16)17)13(9)15-12/h2-4,8,15H,5-7H2,1H3,(H,16,17)/t8-/m1/s1. The maximum Gasteiger partial charge on any atom is 0.337 e. The summed E-state index contributed by atoms with van der Waals surface area (Å²) in [6.45, 7) is 2.25. The summed E-state index contributed by atoms with van der Waals surface area (Å²) in [4.78, 5) is 14.5. The van der Waals surface area contributed by atoms with Crippen LogP contribution in [0.5, 0.6) is 0 Å². The molecule has 88 valence electrons. The van der Waals surface area contributed by atoms with E-state index in [1.165, 1.54) is 17.7 Å². The number of hydrogen-bond donors (Lipinski definition) is 2. The first-order valence-electron chi connectivity index (χ1n) is 6.02. The van der Waals surface area contributed by atoms with Crippen LogP contribution in [0, 0.1) is 5.92 Å². The predicted octanol–water partition coefficient (Wildman–Crippen LogP) is 2.99. The highest BCUT2D eigenvalue weighted by molar-refractivity contribution is 6.03. The number of aryl methyl sites for hydroxylation is 1. The van der Waals surface area contributed by atoms with Gasteiger partial charge in [0.05, 0.1) is 11.1 Å². The molecular weight excluding hydrogens is 214 g/mol. The average molecular weight is 229 g/mol. The lowest BCUT2D eigenvalue weighted by molar-refractivity contribution is 0.0699. The van der Waals surface area contributed by atoms with Gasteiger partial charge in [-0.05, 0) is 36.8 Å². The Kier molecular flexibility index (Phi) is 2.21. The molecule has 0 spiro atoms. The number of hydrogen-bond acceptors (Lipinski definition) is 1. The van der Waals surface area contributed by atoms with Gasteiger partial charge in [0.15, 0.2) is 0 Å². The number of rotatable bonds is 1. The molecule has 0 radical (unpaired) electrons. The first-order valence-corrected chi connectivity index (χ1v) is 6.02. The lowest BCUT2D eigenvalue weighted by Gasteiger charge is -2.17. The van der Waals surface area contributed by atoms with Crippen molar-refractivity contribution in [2.24, 2.45) is 5.92 Å². The van der Waals surface area contributed by atoms with E-state index in [1.54, 1.807) is 6.07 Å². The molecule has 3 nitrogen and oxygen atoms in total. The Morgan fingerprint density at radius 2 is 2.29 bits per heavy atom. The van der Waals surface area contributed by atoms with Crippen LogP contribution in [-0.2, 0) is 12.8 Å². The number of carboxylic acid groups (broad SMARTS) is 1. The zero-order valence-corrected chi connectivity index (χ0v) is 9.79. The van der Waals surface area contributed by atoms with E-state index in [0.29, 0.717) is 11.5 Å². The molecule has 0 bridgehead atoms. The molecule has 1 aromatic carbocycles. The average Bonchev–Trinajstić information content (AvgIpc) is 2.66. The predicted molar refractivity (Wildman–Crippen MR) is 66.4 cm³/mol. The molecular formula is C14H15NO2. The van der Waals surface area contributed by atoms with Crippen LogP contribution in [-0.4, -0.2) is 16.1 Å². The van der Waals surface area contributed by atoms with Gasteiger partial charge in [0.2, 0.25) is 0 Å². The van der Waals surface area contributed by atoms with Crippen LogP contribution in [0.2, 0.25) is 0 Å². The van der Waals surface area contributed by atoms with Crippen molar-refractivity contribution in [1.82, 2.24) is 4.98 Å².